The van der Waals surface area contributed by atoms with E-state index < -0.39 is 16.0 Å². The Bertz CT molecular complexity index is 1190. The molecule has 2 aromatic heterocycles. The molecule has 0 atom stereocenters. The second-order valence-electron chi connectivity index (χ2n) is 5.95. The second kappa shape index (κ2) is 7.75. The second-order valence-corrected chi connectivity index (χ2v) is 7.63. The van der Waals surface area contributed by atoms with Gasteiger partial charge >= 0.3 is 5.97 Å². The van der Waals surface area contributed by atoms with Gasteiger partial charge in [0.05, 0.1) is 18.8 Å². The van der Waals surface area contributed by atoms with Gasteiger partial charge in [-0.2, -0.15) is 5.10 Å². The highest BCUT2D eigenvalue weighted by molar-refractivity contribution is 7.92. The third kappa shape index (κ3) is 4.11. The highest BCUT2D eigenvalue weighted by atomic mass is 32.2. The average Bonchev–Trinajstić information content (AvgIpc) is 3.07. The molecule has 0 aliphatic rings. The van der Waals surface area contributed by atoms with E-state index >= 15 is 0 Å². The number of rotatable bonds is 5. The molecule has 11 nitrogen and oxygen atoms in total. The van der Waals surface area contributed by atoms with E-state index in [1.807, 2.05) is 0 Å². The fraction of sp³-hybridized carbons (Fsp3) is 0.176. The molecule has 29 heavy (non-hydrogen) atoms. The van der Waals surface area contributed by atoms with Crippen LogP contribution in [0.4, 0.5) is 5.69 Å². The Morgan fingerprint density at radius 3 is 2.59 bits per heavy atom. The van der Waals surface area contributed by atoms with E-state index in [0.29, 0.717) is 11.3 Å². The number of nitrogens with one attached hydrogen (secondary N) is 3. The van der Waals surface area contributed by atoms with E-state index in [4.69, 9.17) is 10.1 Å². The van der Waals surface area contributed by atoms with Crippen LogP contribution in [0.25, 0.3) is 10.9 Å². The Labute approximate surface area is 166 Å². The number of ether oxygens (including phenoxy) is 1. The molecule has 0 saturated carbocycles. The number of fused-ring (bicyclic) bond motifs is 1. The summed E-state index contributed by atoms with van der Waals surface area (Å²) < 4.78 is 35.0. The number of benzene rings is 1. The summed E-state index contributed by atoms with van der Waals surface area (Å²) in [6, 6.07) is 5.83. The zero-order chi connectivity index (χ0) is 21.2. The number of hydrogen-bond donors (Lipinski definition) is 3. The monoisotopic (exact) mass is 418 g/mol. The highest BCUT2D eigenvalue weighted by Crippen LogP contribution is 2.34. The summed E-state index contributed by atoms with van der Waals surface area (Å²) in [5.41, 5.74) is 2.76. The quantitative estimate of drug-likeness (QED) is 0.320. The molecular formula is C17H18N6O5S. The van der Waals surface area contributed by atoms with E-state index in [0.717, 1.165) is 11.6 Å². The van der Waals surface area contributed by atoms with Gasteiger partial charge in [0, 0.05) is 18.6 Å². The van der Waals surface area contributed by atoms with Crippen molar-refractivity contribution in [3.63, 3.8) is 0 Å². The molecule has 2 heterocycles. The third-order valence-electron chi connectivity index (χ3n) is 3.87. The van der Waals surface area contributed by atoms with Crippen molar-refractivity contribution in [1.29, 1.82) is 5.41 Å². The van der Waals surface area contributed by atoms with Crippen LogP contribution in [0.3, 0.4) is 0 Å². The van der Waals surface area contributed by atoms with Gasteiger partial charge in [-0.25, -0.2) is 23.7 Å². The van der Waals surface area contributed by atoms with Crippen LogP contribution in [0, 0.1) is 5.41 Å². The van der Waals surface area contributed by atoms with Crippen molar-refractivity contribution in [2.45, 2.75) is 11.8 Å². The van der Waals surface area contributed by atoms with Crippen molar-refractivity contribution in [2.75, 3.05) is 11.8 Å². The largest absolute Gasteiger partial charge is 0.494 e. The minimum Gasteiger partial charge on any atom is -0.494 e. The fourth-order valence-corrected chi connectivity index (χ4v) is 3.57. The van der Waals surface area contributed by atoms with E-state index in [1.54, 1.807) is 25.4 Å². The van der Waals surface area contributed by atoms with Crippen molar-refractivity contribution >= 4 is 38.4 Å². The minimum absolute atomic E-state index is 0.0694. The van der Waals surface area contributed by atoms with Crippen LogP contribution in [0.2, 0.25) is 0 Å². The molecule has 0 spiro atoms. The molecule has 0 bridgehead atoms. The van der Waals surface area contributed by atoms with Crippen molar-refractivity contribution in [2.24, 2.45) is 7.05 Å². The Morgan fingerprint density at radius 2 is 1.97 bits per heavy atom. The van der Waals surface area contributed by atoms with Gasteiger partial charge in [0.2, 0.25) is 0 Å². The Hall–Kier alpha value is -3.67. The van der Waals surface area contributed by atoms with Crippen LogP contribution < -0.4 is 14.9 Å². The topological polar surface area (TPSA) is 148 Å². The number of methoxy groups -OCH3 is 1. The van der Waals surface area contributed by atoms with Crippen LogP contribution >= 0.6 is 0 Å². The lowest BCUT2D eigenvalue weighted by Gasteiger charge is -2.14. The van der Waals surface area contributed by atoms with Gasteiger partial charge in [-0.3, -0.25) is 14.8 Å². The zero-order valence-electron chi connectivity index (χ0n) is 15.8. The Morgan fingerprint density at radius 1 is 1.21 bits per heavy atom. The lowest BCUT2D eigenvalue weighted by molar-refractivity contribution is 0.0376. The first-order valence-corrected chi connectivity index (χ1v) is 9.71. The number of hydrogen-bond acceptors (Lipinski definition) is 8. The third-order valence-corrected chi connectivity index (χ3v) is 5.21. The molecule has 0 amide bonds. The number of aryl methyl sites for hydroxylation is 1. The number of nitrogens with zero attached hydrogens (tertiary/aromatic N) is 3. The molecule has 0 radical (unpaired) electrons. The maximum absolute atomic E-state index is 12.8. The molecule has 0 unspecified atom stereocenters. The average molecular weight is 418 g/mol. The summed E-state index contributed by atoms with van der Waals surface area (Å²) in [6.45, 7) is 1.39. The van der Waals surface area contributed by atoms with Crippen LogP contribution in [0.5, 0.6) is 5.75 Å². The van der Waals surface area contributed by atoms with Gasteiger partial charge in [0.1, 0.15) is 22.2 Å². The standard InChI is InChI=1S/C17H18N6O5S/c1-10(18)21-28-17(24)13-6-5-12(9-19-13)29(25,26)22-15-14(27-3)7-4-11-8-20-23(2)16(11)15/h4-9,22H,1-3H3,(H2,18,21). The molecule has 3 aromatic rings. The van der Waals surface area contributed by atoms with Crippen LogP contribution in [0.1, 0.15) is 17.4 Å². The lowest BCUT2D eigenvalue weighted by Crippen LogP contribution is -2.24. The zero-order valence-corrected chi connectivity index (χ0v) is 16.6. The minimum atomic E-state index is -4.04. The lowest BCUT2D eigenvalue weighted by atomic mass is 10.2. The summed E-state index contributed by atoms with van der Waals surface area (Å²) in [4.78, 5) is 20.1. The van der Waals surface area contributed by atoms with Crippen molar-refractivity contribution in [3.05, 3.63) is 42.4 Å². The maximum atomic E-state index is 12.8. The van der Waals surface area contributed by atoms with Crippen molar-refractivity contribution < 1.29 is 22.8 Å². The van der Waals surface area contributed by atoms with Crippen molar-refractivity contribution in [3.8, 4) is 5.75 Å². The number of carbonyl (C=O) groups excluding carboxylic acids is 1. The molecule has 0 fully saturated rings. The van der Waals surface area contributed by atoms with Crippen molar-refractivity contribution in [1.82, 2.24) is 20.2 Å². The smallest absolute Gasteiger partial charge is 0.381 e. The van der Waals surface area contributed by atoms with E-state index in [1.165, 1.54) is 30.8 Å². The summed E-state index contributed by atoms with van der Waals surface area (Å²) in [5.74, 6) is -0.596. The predicted molar refractivity (Wildman–Crippen MR) is 104 cm³/mol. The molecule has 0 aliphatic carbocycles. The molecule has 3 N–H and O–H groups in total. The first-order chi connectivity index (χ1) is 13.7. The van der Waals surface area contributed by atoms with Gasteiger partial charge < -0.3 is 9.57 Å². The summed E-state index contributed by atoms with van der Waals surface area (Å²) in [5, 5.41) is 12.0. The first-order valence-electron chi connectivity index (χ1n) is 8.23. The van der Waals surface area contributed by atoms with Gasteiger partial charge in [-0.05, 0) is 31.2 Å². The fourth-order valence-electron chi connectivity index (χ4n) is 2.55. The molecule has 0 saturated heterocycles. The summed E-state index contributed by atoms with van der Waals surface area (Å²) in [7, 11) is -0.918. The van der Waals surface area contributed by atoms with Crippen LogP contribution in [-0.4, -0.2) is 42.1 Å². The van der Waals surface area contributed by atoms with Crippen LogP contribution in [-0.2, 0) is 21.9 Å². The van der Waals surface area contributed by atoms with E-state index in [9.17, 15) is 13.2 Å². The molecular weight excluding hydrogens is 400 g/mol. The number of aromatic nitrogens is 3. The Balaban J connectivity index is 1.91. The molecule has 152 valence electrons. The number of amidine groups is 1. The normalized spacial score (nSPS) is 11.1. The highest BCUT2D eigenvalue weighted by Gasteiger charge is 2.21. The van der Waals surface area contributed by atoms with Crippen LogP contribution in [0.15, 0.2) is 41.6 Å². The first kappa shape index (κ1) is 20.1. The van der Waals surface area contributed by atoms with Gasteiger partial charge in [0.15, 0.2) is 5.69 Å². The number of hydroxylamine groups is 1. The molecule has 3 rings (SSSR count). The molecule has 0 aliphatic heterocycles. The van der Waals surface area contributed by atoms with E-state index in [2.05, 4.69) is 25.1 Å². The number of pyridine rings is 1. The summed E-state index contributed by atoms with van der Waals surface area (Å²) >= 11 is 0. The maximum Gasteiger partial charge on any atom is 0.381 e. The number of anilines is 1. The number of sulfonamides is 1. The molecule has 1 aromatic carbocycles. The predicted octanol–water partition coefficient (Wildman–Crippen LogP) is 1.44. The Kier molecular flexibility index (Phi) is 5.37. The molecule has 12 heteroatoms. The van der Waals surface area contributed by atoms with E-state index in [-0.39, 0.29) is 22.1 Å². The van der Waals surface area contributed by atoms with Gasteiger partial charge in [-0.15, -0.1) is 0 Å². The number of carbonyl (C=O) groups is 1. The SMILES string of the molecule is COc1ccc2cnn(C)c2c1NS(=O)(=O)c1ccc(C(=O)ONC(C)=N)nc1. The van der Waals surface area contributed by atoms with Gasteiger partial charge in [0.25, 0.3) is 10.0 Å². The van der Waals surface area contributed by atoms with Gasteiger partial charge in [-0.1, -0.05) is 0 Å². The summed E-state index contributed by atoms with van der Waals surface area (Å²) in [6.07, 6.45) is 2.64.